The van der Waals surface area contributed by atoms with Crippen molar-refractivity contribution in [2.45, 2.75) is 219 Å². The van der Waals surface area contributed by atoms with E-state index < -0.39 is 0 Å². The third-order valence-electron chi connectivity index (χ3n) is 8.34. The average Bonchev–Trinajstić information content (AvgIpc) is 2.91. The zero-order valence-electron chi connectivity index (χ0n) is 26.5. The van der Waals surface area contributed by atoms with Gasteiger partial charge >= 0.3 is 0 Å². The summed E-state index contributed by atoms with van der Waals surface area (Å²) in [7, 11) is 1.74. The minimum absolute atomic E-state index is 1.37. The lowest BCUT2D eigenvalue weighted by Crippen LogP contribution is -1.86. The van der Waals surface area contributed by atoms with Crippen LogP contribution in [0.5, 0.6) is 0 Å². The molecule has 37 heavy (non-hydrogen) atoms. The fourth-order valence-electron chi connectivity index (χ4n) is 5.66. The fourth-order valence-corrected chi connectivity index (χ4v) is 6.77. The van der Waals surface area contributed by atoms with E-state index >= 15 is 0 Å². The van der Waals surface area contributed by atoms with Crippen LogP contribution in [0, 0.1) is 0 Å². The molecule has 1 heteroatoms. The van der Waals surface area contributed by atoms with Crippen molar-refractivity contribution in [2.75, 3.05) is 12.3 Å². The molecule has 0 fully saturated rings. The summed E-state index contributed by atoms with van der Waals surface area (Å²) in [6.45, 7) is 4.62. The van der Waals surface area contributed by atoms with Crippen LogP contribution in [0.25, 0.3) is 0 Å². The Hall–Kier alpha value is 0.430. The summed E-state index contributed by atoms with van der Waals surface area (Å²) in [5, 5.41) is 0. The van der Waals surface area contributed by atoms with Crippen LogP contribution in [0.2, 0.25) is 0 Å². The van der Waals surface area contributed by atoms with Crippen molar-refractivity contribution >= 4 is 8.58 Å². The van der Waals surface area contributed by atoms with Crippen LogP contribution in [-0.2, 0) is 0 Å². The molecule has 0 aliphatic carbocycles. The zero-order valence-corrected chi connectivity index (χ0v) is 27.4. The summed E-state index contributed by atoms with van der Waals surface area (Å²) in [4.78, 5) is 0. The van der Waals surface area contributed by atoms with Gasteiger partial charge in [-0.25, -0.2) is 0 Å². The average molecular weight is 538 g/mol. The van der Waals surface area contributed by atoms with E-state index in [-0.39, 0.29) is 0 Å². The van der Waals surface area contributed by atoms with Gasteiger partial charge in [0.1, 0.15) is 0 Å². The van der Waals surface area contributed by atoms with Crippen LogP contribution >= 0.6 is 8.58 Å². The normalized spacial score (nSPS) is 11.5. The van der Waals surface area contributed by atoms with Crippen LogP contribution in [-0.4, -0.2) is 12.3 Å². The Morgan fingerprint density at radius 3 is 0.568 bits per heavy atom. The van der Waals surface area contributed by atoms with Gasteiger partial charge in [-0.05, 0) is 25.2 Å². The number of unbranched alkanes of at least 4 members (excludes halogenated alkanes) is 30. The highest BCUT2D eigenvalue weighted by molar-refractivity contribution is 7.37. The topological polar surface area (TPSA) is 0 Å². The molecule has 0 nitrogen and oxygen atoms in total. The van der Waals surface area contributed by atoms with E-state index in [1.54, 1.807) is 8.58 Å². The van der Waals surface area contributed by atoms with E-state index in [0.717, 1.165) is 0 Å². The van der Waals surface area contributed by atoms with Gasteiger partial charge in [0.25, 0.3) is 0 Å². The Balaban J connectivity index is 3.00. The molecule has 0 aromatic carbocycles. The second-order valence-corrected chi connectivity index (χ2v) is 13.6. The number of hydrogen-bond acceptors (Lipinski definition) is 0. The van der Waals surface area contributed by atoms with Gasteiger partial charge in [0.2, 0.25) is 0 Å². The Kier molecular flexibility index (Phi) is 36.9. The minimum Gasteiger partial charge on any atom is -0.0810 e. The van der Waals surface area contributed by atoms with E-state index in [1.807, 2.05) is 0 Å². The molecule has 0 aromatic heterocycles. The van der Waals surface area contributed by atoms with Crippen LogP contribution in [0.1, 0.15) is 219 Å². The highest BCUT2D eigenvalue weighted by Crippen LogP contribution is 2.19. The summed E-state index contributed by atoms with van der Waals surface area (Å²) in [6, 6.07) is 0. The predicted molar refractivity (Wildman–Crippen MR) is 176 cm³/mol. The summed E-state index contributed by atoms with van der Waals surface area (Å²) in [6.07, 6.45) is 50.3. The Labute approximate surface area is 239 Å². The van der Waals surface area contributed by atoms with Crippen molar-refractivity contribution in [3.05, 3.63) is 0 Å². The molecule has 0 bridgehead atoms. The quantitative estimate of drug-likeness (QED) is 0.0565. The molecule has 0 unspecified atom stereocenters. The highest BCUT2D eigenvalue weighted by atomic mass is 31.1. The number of rotatable bonds is 34. The molecule has 0 aliphatic heterocycles. The monoisotopic (exact) mass is 538 g/mol. The van der Waals surface area contributed by atoms with E-state index in [2.05, 4.69) is 13.8 Å². The summed E-state index contributed by atoms with van der Waals surface area (Å²) in [5.41, 5.74) is 0. The van der Waals surface area contributed by atoms with Crippen molar-refractivity contribution in [3.63, 3.8) is 0 Å². The first-order valence-electron chi connectivity index (χ1n) is 18.0. The molecule has 0 atom stereocenters. The molecular weight excluding hydrogens is 463 g/mol. The highest BCUT2D eigenvalue weighted by Gasteiger charge is 1.97. The van der Waals surface area contributed by atoms with Gasteiger partial charge in [-0.1, -0.05) is 215 Å². The molecule has 0 heterocycles. The first-order chi connectivity index (χ1) is 18.4. The predicted octanol–water partition coefficient (Wildman–Crippen LogP) is 14.5. The van der Waals surface area contributed by atoms with Crippen LogP contribution in [0.4, 0.5) is 0 Å². The van der Waals surface area contributed by atoms with Crippen LogP contribution in [0.15, 0.2) is 0 Å². The molecule has 0 N–H and O–H groups in total. The van der Waals surface area contributed by atoms with Gasteiger partial charge in [-0.2, -0.15) is 0 Å². The van der Waals surface area contributed by atoms with Gasteiger partial charge in [-0.15, -0.1) is 0 Å². The van der Waals surface area contributed by atoms with Crippen LogP contribution in [0.3, 0.4) is 0 Å². The van der Waals surface area contributed by atoms with Crippen LogP contribution < -0.4 is 0 Å². The van der Waals surface area contributed by atoms with E-state index in [0.29, 0.717) is 0 Å². The van der Waals surface area contributed by atoms with Crippen molar-refractivity contribution < 1.29 is 0 Å². The summed E-state index contributed by atoms with van der Waals surface area (Å²) < 4.78 is 0. The molecule has 0 aromatic rings. The summed E-state index contributed by atoms with van der Waals surface area (Å²) >= 11 is 0. The third-order valence-corrected chi connectivity index (χ3v) is 9.60. The third kappa shape index (κ3) is 36.4. The van der Waals surface area contributed by atoms with Gasteiger partial charge < -0.3 is 0 Å². The maximum Gasteiger partial charge on any atom is -0.0287 e. The van der Waals surface area contributed by atoms with Crippen molar-refractivity contribution in [3.8, 4) is 0 Å². The van der Waals surface area contributed by atoms with E-state index in [9.17, 15) is 0 Å². The Morgan fingerprint density at radius 1 is 0.216 bits per heavy atom. The number of hydrogen-bond donors (Lipinski definition) is 0. The lowest BCUT2D eigenvalue weighted by Gasteiger charge is -2.04. The molecule has 0 spiro atoms. The van der Waals surface area contributed by atoms with Gasteiger partial charge in [0, 0.05) is 0 Å². The van der Waals surface area contributed by atoms with Gasteiger partial charge in [-0.3, -0.25) is 0 Å². The first-order valence-corrected chi connectivity index (χ1v) is 19.3. The smallest absolute Gasteiger partial charge is 0.0287 e. The second kappa shape index (κ2) is 36.4. The molecule has 0 saturated carbocycles. The summed E-state index contributed by atoms with van der Waals surface area (Å²) in [5.74, 6) is 0. The van der Waals surface area contributed by atoms with Gasteiger partial charge in [0.15, 0.2) is 0 Å². The SMILES string of the molecule is CCCCCCCCCCCCCCCCCC[P]CCCCCCCCCCCCCCCCCC. The maximum atomic E-state index is 2.31. The van der Waals surface area contributed by atoms with Crippen molar-refractivity contribution in [1.29, 1.82) is 0 Å². The lowest BCUT2D eigenvalue weighted by atomic mass is 10.0. The molecular formula is C36H74P. The van der Waals surface area contributed by atoms with Gasteiger partial charge in [0.05, 0.1) is 0 Å². The largest absolute Gasteiger partial charge is 0.0810 e. The van der Waals surface area contributed by atoms with E-state index in [4.69, 9.17) is 0 Å². The molecule has 0 aliphatic rings. The molecule has 0 rings (SSSR count). The molecule has 223 valence electrons. The standard InChI is InChI=1S/C36H74P/c1-3-5-7-9-11-13-15-17-19-21-23-25-27-29-31-33-35-37-36-34-32-30-28-26-24-22-20-18-16-14-12-10-8-6-4-2/h3-36H2,1-2H3. The molecule has 1 radical (unpaired) electrons. The van der Waals surface area contributed by atoms with E-state index in [1.165, 1.54) is 218 Å². The Morgan fingerprint density at radius 2 is 0.378 bits per heavy atom. The first kappa shape index (κ1) is 37.4. The minimum atomic E-state index is 1.37. The molecule has 0 saturated heterocycles. The lowest BCUT2D eigenvalue weighted by molar-refractivity contribution is 0.531. The molecule has 0 amide bonds. The fraction of sp³-hybridized carbons (Fsp3) is 1.00. The Bertz CT molecular complexity index is 332. The maximum absolute atomic E-state index is 2.31. The van der Waals surface area contributed by atoms with Crippen molar-refractivity contribution in [1.82, 2.24) is 0 Å². The second-order valence-electron chi connectivity index (χ2n) is 12.3. The zero-order chi connectivity index (χ0) is 26.7. The van der Waals surface area contributed by atoms with Crippen molar-refractivity contribution in [2.24, 2.45) is 0 Å².